The number of urea groups is 1. The third-order valence-electron chi connectivity index (χ3n) is 4.61. The fourth-order valence-electron chi connectivity index (χ4n) is 3.41. The third-order valence-corrected chi connectivity index (χ3v) is 7.22. The number of benzene rings is 1. The second-order valence-electron chi connectivity index (χ2n) is 6.39. The van der Waals surface area contributed by atoms with Gasteiger partial charge < -0.3 is 16.0 Å². The highest BCUT2D eigenvalue weighted by Gasteiger charge is 2.51. The van der Waals surface area contributed by atoms with Crippen molar-refractivity contribution in [3.63, 3.8) is 0 Å². The number of halogens is 1. The van der Waals surface area contributed by atoms with Crippen LogP contribution in [0.1, 0.15) is 25.7 Å². The Bertz CT molecular complexity index is 783. The summed E-state index contributed by atoms with van der Waals surface area (Å²) in [5.74, 6) is -0.176. The lowest BCUT2D eigenvalue weighted by Crippen LogP contribution is -2.39. The molecule has 0 radical (unpaired) electrons. The largest absolute Gasteiger partial charge is 0.332 e. The Morgan fingerprint density at radius 1 is 1.24 bits per heavy atom. The van der Waals surface area contributed by atoms with Crippen LogP contribution < -0.4 is 16.0 Å². The van der Waals surface area contributed by atoms with E-state index in [2.05, 4.69) is 16.0 Å². The highest BCUT2D eigenvalue weighted by Crippen LogP contribution is 2.28. The van der Waals surface area contributed by atoms with Crippen LogP contribution >= 0.6 is 11.6 Å². The van der Waals surface area contributed by atoms with Gasteiger partial charge in [-0.2, -0.15) is 0 Å². The second kappa shape index (κ2) is 7.21. The molecule has 0 aromatic heterocycles. The van der Waals surface area contributed by atoms with Crippen LogP contribution in [0.2, 0.25) is 5.02 Å². The summed E-state index contributed by atoms with van der Waals surface area (Å²) in [6.07, 6.45) is 1.89. The number of fused-ring (bicyclic) bond motifs is 1. The molecule has 7 nitrogen and oxygen atoms in total. The fourth-order valence-corrected chi connectivity index (χ4v) is 5.86. The molecule has 0 bridgehead atoms. The minimum absolute atomic E-state index is 0.0198. The molecule has 25 heavy (non-hydrogen) atoms. The van der Waals surface area contributed by atoms with E-state index in [1.165, 1.54) is 0 Å². The molecule has 2 fully saturated rings. The first kappa shape index (κ1) is 18.0. The van der Waals surface area contributed by atoms with Crippen LogP contribution in [-0.2, 0) is 14.6 Å². The molecule has 0 saturated carbocycles. The van der Waals surface area contributed by atoms with Crippen LogP contribution in [0.25, 0.3) is 0 Å². The number of rotatable bonds is 6. The van der Waals surface area contributed by atoms with Gasteiger partial charge in [0.25, 0.3) is 0 Å². The molecule has 2 aliphatic heterocycles. The van der Waals surface area contributed by atoms with E-state index in [0.29, 0.717) is 30.0 Å². The Hall–Kier alpha value is -1.80. The lowest BCUT2D eigenvalue weighted by molar-refractivity contribution is -0.116. The van der Waals surface area contributed by atoms with Crippen molar-refractivity contribution in [3.05, 3.63) is 29.3 Å². The van der Waals surface area contributed by atoms with Crippen molar-refractivity contribution in [2.75, 3.05) is 11.1 Å². The van der Waals surface area contributed by atoms with E-state index < -0.39 is 15.1 Å². The highest BCUT2D eigenvalue weighted by atomic mass is 35.5. The fraction of sp³-hybridized carbons (Fsp3) is 0.500. The molecule has 136 valence electrons. The minimum atomic E-state index is -3.22. The molecule has 2 heterocycles. The van der Waals surface area contributed by atoms with Gasteiger partial charge in [-0.15, -0.1) is 0 Å². The van der Waals surface area contributed by atoms with E-state index in [0.717, 1.165) is 0 Å². The van der Waals surface area contributed by atoms with Crippen molar-refractivity contribution in [3.8, 4) is 0 Å². The Balaban J connectivity index is 1.46. The van der Waals surface area contributed by atoms with Crippen LogP contribution in [-0.4, -0.2) is 43.4 Å². The van der Waals surface area contributed by atoms with Crippen molar-refractivity contribution in [2.45, 2.75) is 43.0 Å². The number of hydrogen-bond acceptors (Lipinski definition) is 4. The molecule has 3 N–H and O–H groups in total. The van der Waals surface area contributed by atoms with Gasteiger partial charge in [-0.25, -0.2) is 13.2 Å². The van der Waals surface area contributed by atoms with Gasteiger partial charge in [0, 0.05) is 6.42 Å². The van der Waals surface area contributed by atoms with Crippen molar-refractivity contribution >= 4 is 39.1 Å². The third kappa shape index (κ3) is 4.07. The van der Waals surface area contributed by atoms with E-state index in [9.17, 15) is 18.0 Å². The summed E-state index contributed by atoms with van der Waals surface area (Å²) in [7, 11) is -3.22. The standard InChI is InChI=1S/C16H20ClN3O4S/c17-10-5-1-2-6-11(10)18-14(21)8-4-3-7-13-15-12(9-25(13,23)24)19-16(22)20-15/h1-2,5-6,12-13,15H,3-4,7-9H2,(H,18,21)(H2,19,20,22). The molecule has 0 aliphatic carbocycles. The Morgan fingerprint density at radius 2 is 2.00 bits per heavy atom. The predicted molar refractivity (Wildman–Crippen MR) is 95.4 cm³/mol. The molecule has 3 rings (SSSR count). The molecule has 2 aliphatic rings. The summed E-state index contributed by atoms with van der Waals surface area (Å²) in [5.41, 5.74) is 0.565. The summed E-state index contributed by atoms with van der Waals surface area (Å²) in [6.45, 7) is 0. The molecule has 3 unspecified atom stereocenters. The number of nitrogens with one attached hydrogen (secondary N) is 3. The topological polar surface area (TPSA) is 104 Å². The maximum atomic E-state index is 12.2. The Kier molecular flexibility index (Phi) is 5.19. The summed E-state index contributed by atoms with van der Waals surface area (Å²) >= 11 is 5.99. The van der Waals surface area contributed by atoms with Gasteiger partial charge in [0.1, 0.15) is 0 Å². The van der Waals surface area contributed by atoms with E-state index in [1.54, 1.807) is 24.3 Å². The zero-order valence-electron chi connectivity index (χ0n) is 13.5. The van der Waals surface area contributed by atoms with Gasteiger partial charge in [0.15, 0.2) is 9.84 Å². The van der Waals surface area contributed by atoms with E-state index in [-0.39, 0.29) is 36.2 Å². The number of para-hydroxylation sites is 1. The number of unbranched alkanes of at least 4 members (excludes halogenated alkanes) is 1. The van der Waals surface area contributed by atoms with Crippen LogP contribution in [0.3, 0.4) is 0 Å². The Morgan fingerprint density at radius 3 is 2.76 bits per heavy atom. The normalized spacial score (nSPS) is 26.6. The molecule has 0 spiro atoms. The summed E-state index contributed by atoms with van der Waals surface area (Å²) < 4.78 is 24.4. The quantitative estimate of drug-likeness (QED) is 0.512. The maximum Gasteiger partial charge on any atom is 0.315 e. The molecular weight excluding hydrogens is 366 g/mol. The first-order valence-corrected chi connectivity index (χ1v) is 10.3. The van der Waals surface area contributed by atoms with Crippen molar-refractivity contribution in [1.82, 2.24) is 10.6 Å². The van der Waals surface area contributed by atoms with E-state index >= 15 is 0 Å². The van der Waals surface area contributed by atoms with E-state index in [1.807, 2.05) is 0 Å². The van der Waals surface area contributed by atoms with Gasteiger partial charge in [0.2, 0.25) is 5.91 Å². The van der Waals surface area contributed by atoms with Crippen LogP contribution in [0.4, 0.5) is 10.5 Å². The minimum Gasteiger partial charge on any atom is -0.332 e. The number of hydrogen-bond donors (Lipinski definition) is 3. The smallest absolute Gasteiger partial charge is 0.315 e. The number of carbonyl (C=O) groups excluding carboxylic acids is 2. The maximum absolute atomic E-state index is 12.2. The van der Waals surface area contributed by atoms with Crippen LogP contribution in [0.5, 0.6) is 0 Å². The average Bonchev–Trinajstić information content (AvgIpc) is 2.98. The first-order valence-electron chi connectivity index (χ1n) is 8.20. The number of amides is 3. The summed E-state index contributed by atoms with van der Waals surface area (Å²) in [4.78, 5) is 23.3. The lowest BCUT2D eigenvalue weighted by Gasteiger charge is -2.16. The predicted octanol–water partition coefficient (Wildman–Crippen LogP) is 1.69. The van der Waals surface area contributed by atoms with Crippen LogP contribution in [0.15, 0.2) is 24.3 Å². The van der Waals surface area contributed by atoms with Gasteiger partial charge in [-0.3, -0.25) is 4.79 Å². The molecular formula is C16H20ClN3O4S. The van der Waals surface area contributed by atoms with E-state index in [4.69, 9.17) is 11.6 Å². The highest BCUT2D eigenvalue weighted by molar-refractivity contribution is 7.92. The summed E-state index contributed by atoms with van der Waals surface area (Å²) in [6, 6.07) is 5.97. The monoisotopic (exact) mass is 385 g/mol. The molecule has 1 aromatic carbocycles. The second-order valence-corrected chi connectivity index (χ2v) is 9.06. The molecule has 1 aromatic rings. The number of sulfone groups is 1. The number of anilines is 1. The zero-order valence-corrected chi connectivity index (χ0v) is 15.1. The first-order chi connectivity index (χ1) is 11.9. The van der Waals surface area contributed by atoms with Crippen molar-refractivity contribution in [1.29, 1.82) is 0 Å². The van der Waals surface area contributed by atoms with Gasteiger partial charge >= 0.3 is 6.03 Å². The SMILES string of the molecule is O=C(CCCCC1C2NC(=O)NC2CS1(=O)=O)Nc1ccccc1Cl. The Labute approximate surface area is 151 Å². The zero-order chi connectivity index (χ0) is 18.0. The summed E-state index contributed by atoms with van der Waals surface area (Å²) in [5, 5.41) is 7.96. The molecule has 9 heteroatoms. The van der Waals surface area contributed by atoms with Crippen LogP contribution in [0, 0.1) is 0 Å². The van der Waals surface area contributed by atoms with Gasteiger partial charge in [0.05, 0.1) is 33.8 Å². The van der Waals surface area contributed by atoms with Gasteiger partial charge in [-0.1, -0.05) is 30.2 Å². The van der Waals surface area contributed by atoms with Gasteiger partial charge in [-0.05, 0) is 25.0 Å². The number of carbonyl (C=O) groups is 2. The van der Waals surface area contributed by atoms with Crippen molar-refractivity contribution in [2.24, 2.45) is 0 Å². The molecule has 3 atom stereocenters. The molecule has 2 saturated heterocycles. The van der Waals surface area contributed by atoms with Crippen molar-refractivity contribution < 1.29 is 18.0 Å². The average molecular weight is 386 g/mol. The lowest BCUT2D eigenvalue weighted by atomic mass is 10.0. The molecule has 3 amide bonds.